The van der Waals surface area contributed by atoms with Gasteiger partial charge in [-0.1, -0.05) is 48.5 Å². The van der Waals surface area contributed by atoms with Gasteiger partial charge in [-0.3, -0.25) is 9.78 Å². The van der Waals surface area contributed by atoms with Crippen LogP contribution < -0.4 is 10.1 Å². The number of carbonyl (C=O) groups excluding carboxylic acids is 1. The van der Waals surface area contributed by atoms with Gasteiger partial charge < -0.3 is 10.1 Å². The quantitative estimate of drug-likeness (QED) is 0.384. The predicted molar refractivity (Wildman–Crippen MR) is 120 cm³/mol. The van der Waals surface area contributed by atoms with Crippen LogP contribution in [0.4, 0.5) is 5.69 Å². The average molecular weight is 390 g/mol. The van der Waals surface area contributed by atoms with E-state index in [0.717, 1.165) is 21.7 Å². The molecule has 0 saturated carbocycles. The summed E-state index contributed by atoms with van der Waals surface area (Å²) in [5.41, 5.74) is 2.14. The van der Waals surface area contributed by atoms with Crippen molar-refractivity contribution in [3.8, 4) is 11.5 Å². The van der Waals surface area contributed by atoms with E-state index in [1.54, 1.807) is 6.20 Å². The molecule has 144 valence electrons. The highest BCUT2D eigenvalue weighted by Crippen LogP contribution is 2.29. The van der Waals surface area contributed by atoms with Crippen LogP contribution in [0, 0.1) is 0 Å². The fraction of sp³-hybridized carbons (Fsp3) is 0. The highest BCUT2D eigenvalue weighted by atomic mass is 16.5. The minimum atomic E-state index is -0.146. The molecular formula is C26H18N2O2. The average Bonchev–Trinajstić information content (AvgIpc) is 2.80. The Bertz CT molecular complexity index is 1360. The van der Waals surface area contributed by atoms with Gasteiger partial charge in [0.05, 0.1) is 0 Å². The fourth-order valence-electron chi connectivity index (χ4n) is 3.43. The Morgan fingerprint density at radius 3 is 2.37 bits per heavy atom. The lowest BCUT2D eigenvalue weighted by atomic mass is 10.1. The van der Waals surface area contributed by atoms with Gasteiger partial charge in [-0.05, 0) is 59.3 Å². The van der Waals surface area contributed by atoms with Crippen LogP contribution in [0.5, 0.6) is 11.5 Å². The van der Waals surface area contributed by atoms with Crippen LogP contribution in [-0.4, -0.2) is 10.9 Å². The Morgan fingerprint density at radius 2 is 1.50 bits per heavy atom. The van der Waals surface area contributed by atoms with Gasteiger partial charge >= 0.3 is 0 Å². The topological polar surface area (TPSA) is 51.2 Å². The predicted octanol–water partition coefficient (Wildman–Crippen LogP) is 6.43. The molecule has 4 heteroatoms. The van der Waals surface area contributed by atoms with Crippen molar-refractivity contribution in [2.75, 3.05) is 5.32 Å². The van der Waals surface area contributed by atoms with Gasteiger partial charge in [0.25, 0.3) is 5.91 Å². The Labute approximate surface area is 173 Å². The SMILES string of the molecule is O=C(Nc1ccc(Oc2cccc3cccnc23)cc1)c1ccc2ccccc2c1. The molecule has 0 saturated heterocycles. The molecule has 1 aromatic heterocycles. The summed E-state index contributed by atoms with van der Waals surface area (Å²) in [6, 6.07) is 30.7. The number of fused-ring (bicyclic) bond motifs is 2. The summed E-state index contributed by atoms with van der Waals surface area (Å²) in [4.78, 5) is 17.0. The molecule has 0 radical (unpaired) electrons. The van der Waals surface area contributed by atoms with E-state index in [4.69, 9.17) is 4.74 Å². The van der Waals surface area contributed by atoms with Crippen LogP contribution >= 0.6 is 0 Å². The van der Waals surface area contributed by atoms with Crippen LogP contribution in [0.25, 0.3) is 21.7 Å². The Balaban J connectivity index is 1.32. The Hall–Kier alpha value is -4.18. The lowest BCUT2D eigenvalue weighted by Crippen LogP contribution is -2.11. The van der Waals surface area contributed by atoms with Crippen LogP contribution in [-0.2, 0) is 0 Å². The maximum Gasteiger partial charge on any atom is 0.255 e. The van der Waals surface area contributed by atoms with Crippen molar-refractivity contribution in [2.24, 2.45) is 0 Å². The maximum absolute atomic E-state index is 12.6. The summed E-state index contributed by atoms with van der Waals surface area (Å²) in [7, 11) is 0. The zero-order valence-electron chi connectivity index (χ0n) is 16.1. The number of nitrogens with zero attached hydrogens (tertiary/aromatic N) is 1. The number of pyridine rings is 1. The van der Waals surface area contributed by atoms with E-state index in [1.807, 2.05) is 97.1 Å². The number of nitrogens with one attached hydrogen (secondary N) is 1. The van der Waals surface area contributed by atoms with Crippen LogP contribution in [0.3, 0.4) is 0 Å². The van der Waals surface area contributed by atoms with E-state index in [-0.39, 0.29) is 5.91 Å². The van der Waals surface area contributed by atoms with E-state index in [0.29, 0.717) is 22.7 Å². The molecule has 4 aromatic carbocycles. The summed E-state index contributed by atoms with van der Waals surface area (Å²) in [5, 5.41) is 6.11. The molecule has 4 nitrogen and oxygen atoms in total. The molecule has 5 rings (SSSR count). The van der Waals surface area contributed by atoms with Crippen molar-refractivity contribution in [3.05, 3.63) is 109 Å². The van der Waals surface area contributed by atoms with Gasteiger partial charge in [-0.2, -0.15) is 0 Å². The fourth-order valence-corrected chi connectivity index (χ4v) is 3.43. The number of carbonyl (C=O) groups is 1. The molecule has 0 atom stereocenters. The monoisotopic (exact) mass is 390 g/mol. The van der Waals surface area contributed by atoms with Crippen LogP contribution in [0.2, 0.25) is 0 Å². The number of aromatic nitrogens is 1. The van der Waals surface area contributed by atoms with Gasteiger partial charge in [0, 0.05) is 22.8 Å². The molecule has 0 aliphatic heterocycles. The summed E-state index contributed by atoms with van der Waals surface area (Å²) < 4.78 is 6.01. The van der Waals surface area contributed by atoms with Crippen molar-refractivity contribution >= 4 is 33.3 Å². The molecule has 1 heterocycles. The molecule has 5 aromatic rings. The highest BCUT2D eigenvalue weighted by molar-refractivity contribution is 6.06. The zero-order valence-corrected chi connectivity index (χ0v) is 16.1. The van der Waals surface area contributed by atoms with Crippen LogP contribution in [0.15, 0.2) is 103 Å². The molecule has 0 fully saturated rings. The third-order valence-corrected chi connectivity index (χ3v) is 4.95. The van der Waals surface area contributed by atoms with E-state index in [2.05, 4.69) is 10.3 Å². The normalized spacial score (nSPS) is 10.8. The number of benzene rings is 4. The van der Waals surface area contributed by atoms with Crippen molar-refractivity contribution in [1.29, 1.82) is 0 Å². The van der Waals surface area contributed by atoms with Crippen molar-refractivity contribution in [2.45, 2.75) is 0 Å². The molecule has 0 aliphatic rings. The highest BCUT2D eigenvalue weighted by Gasteiger charge is 2.08. The second kappa shape index (κ2) is 7.68. The molecule has 1 amide bonds. The van der Waals surface area contributed by atoms with Crippen LogP contribution in [0.1, 0.15) is 10.4 Å². The summed E-state index contributed by atoms with van der Waals surface area (Å²) in [6.45, 7) is 0. The number of amides is 1. The molecule has 0 bridgehead atoms. The summed E-state index contributed by atoms with van der Waals surface area (Å²) in [5.74, 6) is 1.23. The van der Waals surface area contributed by atoms with E-state index in [9.17, 15) is 4.79 Å². The van der Waals surface area contributed by atoms with E-state index < -0.39 is 0 Å². The largest absolute Gasteiger partial charge is 0.455 e. The zero-order chi connectivity index (χ0) is 20.3. The first-order chi connectivity index (χ1) is 14.8. The third-order valence-electron chi connectivity index (χ3n) is 4.95. The number of ether oxygens (including phenoxy) is 1. The lowest BCUT2D eigenvalue weighted by Gasteiger charge is -2.10. The molecular weight excluding hydrogens is 372 g/mol. The first-order valence-electron chi connectivity index (χ1n) is 9.68. The number of para-hydroxylation sites is 1. The van der Waals surface area contributed by atoms with Gasteiger partial charge in [-0.25, -0.2) is 0 Å². The number of anilines is 1. The Kier molecular flexibility index (Phi) is 4.58. The summed E-state index contributed by atoms with van der Waals surface area (Å²) >= 11 is 0. The van der Waals surface area contributed by atoms with Gasteiger partial charge in [0.2, 0.25) is 0 Å². The standard InChI is InChI=1S/C26H18N2O2/c29-26(21-11-10-18-5-1-2-6-20(18)17-21)28-22-12-14-23(15-13-22)30-24-9-3-7-19-8-4-16-27-25(19)24/h1-17H,(H,28,29). The van der Waals surface area contributed by atoms with Crippen molar-refractivity contribution in [1.82, 2.24) is 4.98 Å². The van der Waals surface area contributed by atoms with Gasteiger partial charge in [-0.15, -0.1) is 0 Å². The van der Waals surface area contributed by atoms with E-state index >= 15 is 0 Å². The molecule has 0 spiro atoms. The summed E-state index contributed by atoms with van der Waals surface area (Å²) in [6.07, 6.45) is 1.75. The Morgan fingerprint density at radius 1 is 0.733 bits per heavy atom. The minimum Gasteiger partial charge on any atom is -0.455 e. The lowest BCUT2D eigenvalue weighted by molar-refractivity contribution is 0.102. The minimum absolute atomic E-state index is 0.146. The molecule has 0 unspecified atom stereocenters. The van der Waals surface area contributed by atoms with E-state index in [1.165, 1.54) is 0 Å². The maximum atomic E-state index is 12.6. The molecule has 0 aliphatic carbocycles. The third kappa shape index (κ3) is 3.59. The first-order valence-corrected chi connectivity index (χ1v) is 9.68. The number of rotatable bonds is 4. The van der Waals surface area contributed by atoms with Crippen molar-refractivity contribution < 1.29 is 9.53 Å². The van der Waals surface area contributed by atoms with Gasteiger partial charge in [0.1, 0.15) is 11.3 Å². The van der Waals surface area contributed by atoms with Crippen molar-refractivity contribution in [3.63, 3.8) is 0 Å². The smallest absolute Gasteiger partial charge is 0.255 e. The molecule has 30 heavy (non-hydrogen) atoms. The first kappa shape index (κ1) is 17.9. The van der Waals surface area contributed by atoms with Gasteiger partial charge in [0.15, 0.2) is 5.75 Å². The second-order valence-corrected chi connectivity index (χ2v) is 6.97. The number of hydrogen-bond acceptors (Lipinski definition) is 3. The second-order valence-electron chi connectivity index (χ2n) is 6.97. The number of hydrogen-bond donors (Lipinski definition) is 1. The molecule has 1 N–H and O–H groups in total.